The first kappa shape index (κ1) is 13.4. The van der Waals surface area contributed by atoms with Gasteiger partial charge in [-0.1, -0.05) is 12.1 Å². The van der Waals surface area contributed by atoms with E-state index in [1.54, 1.807) is 12.1 Å². The lowest BCUT2D eigenvalue weighted by molar-refractivity contribution is 0.477. The zero-order valence-corrected chi connectivity index (χ0v) is 12.4. The predicted molar refractivity (Wildman–Crippen MR) is 86.6 cm³/mol. The van der Waals surface area contributed by atoms with Crippen LogP contribution in [0.2, 0.25) is 0 Å². The maximum atomic E-state index is 10.0. The van der Waals surface area contributed by atoms with Crippen LogP contribution in [-0.2, 0) is 0 Å². The lowest BCUT2D eigenvalue weighted by atomic mass is 10.1. The average molecular weight is 296 g/mol. The molecule has 1 saturated carbocycles. The van der Waals surface area contributed by atoms with E-state index in [2.05, 4.69) is 15.1 Å². The molecule has 1 aliphatic heterocycles. The van der Waals surface area contributed by atoms with Gasteiger partial charge in [-0.3, -0.25) is 0 Å². The fourth-order valence-corrected chi connectivity index (χ4v) is 3.51. The van der Waals surface area contributed by atoms with Crippen molar-refractivity contribution in [2.45, 2.75) is 31.7 Å². The van der Waals surface area contributed by atoms with Crippen LogP contribution in [0.4, 0.5) is 11.5 Å². The van der Waals surface area contributed by atoms with Crippen LogP contribution in [0.3, 0.4) is 0 Å². The van der Waals surface area contributed by atoms with E-state index in [0.717, 1.165) is 18.2 Å². The summed E-state index contributed by atoms with van der Waals surface area (Å²) < 4.78 is 0. The van der Waals surface area contributed by atoms with Crippen molar-refractivity contribution in [3.8, 4) is 17.0 Å². The molecule has 0 spiro atoms. The van der Waals surface area contributed by atoms with Crippen molar-refractivity contribution in [2.75, 3.05) is 17.2 Å². The van der Waals surface area contributed by atoms with Gasteiger partial charge < -0.3 is 15.7 Å². The van der Waals surface area contributed by atoms with E-state index in [1.807, 2.05) is 18.2 Å². The molecule has 1 atom stereocenters. The summed E-state index contributed by atoms with van der Waals surface area (Å²) in [6, 6.07) is 9.75. The normalized spacial score (nSPS) is 21.3. The smallest absolute Gasteiger partial charge is 0.169 e. The van der Waals surface area contributed by atoms with Crippen molar-refractivity contribution in [1.29, 1.82) is 0 Å². The molecule has 4 rings (SSSR count). The zero-order valence-electron chi connectivity index (χ0n) is 12.4. The summed E-state index contributed by atoms with van der Waals surface area (Å²) in [4.78, 5) is 2.39. The second kappa shape index (κ2) is 5.16. The second-order valence-electron chi connectivity index (χ2n) is 6.26. The summed E-state index contributed by atoms with van der Waals surface area (Å²) in [6.45, 7) is 1.03. The standard InChI is InChI=1S/C17H20N4O/c18-17-15(21-9-3-5-14(21)11-7-8-11)10-13(19-20-17)12-4-1-2-6-16(12)22/h1-2,4,6,10-11,14,22H,3,5,7-9H2,(H2,18,20)/t14-/m1/s1. The molecule has 1 aromatic heterocycles. The quantitative estimate of drug-likeness (QED) is 0.911. The molecule has 1 aromatic carbocycles. The Hall–Kier alpha value is -2.30. The van der Waals surface area contributed by atoms with Gasteiger partial charge in [-0.25, -0.2) is 0 Å². The SMILES string of the molecule is Nc1nnc(-c2ccccc2O)cc1N1CCC[C@@H]1C1CC1. The molecule has 2 aromatic rings. The maximum absolute atomic E-state index is 10.0. The van der Waals surface area contributed by atoms with E-state index in [-0.39, 0.29) is 5.75 Å². The first-order chi connectivity index (χ1) is 10.7. The highest BCUT2D eigenvalue weighted by atomic mass is 16.3. The molecule has 1 aliphatic carbocycles. The van der Waals surface area contributed by atoms with E-state index in [9.17, 15) is 5.11 Å². The van der Waals surface area contributed by atoms with Crippen LogP contribution >= 0.6 is 0 Å². The third kappa shape index (κ3) is 2.26. The van der Waals surface area contributed by atoms with Gasteiger partial charge in [-0.05, 0) is 49.8 Å². The van der Waals surface area contributed by atoms with E-state index in [1.165, 1.54) is 25.7 Å². The Labute approximate surface area is 129 Å². The topological polar surface area (TPSA) is 75.3 Å². The number of aromatic nitrogens is 2. The molecule has 5 nitrogen and oxygen atoms in total. The zero-order chi connectivity index (χ0) is 15.1. The summed E-state index contributed by atoms with van der Waals surface area (Å²) in [5, 5.41) is 18.3. The summed E-state index contributed by atoms with van der Waals surface area (Å²) in [6.07, 6.45) is 5.09. The minimum absolute atomic E-state index is 0.215. The number of nitrogens with two attached hydrogens (primary N) is 1. The number of benzene rings is 1. The number of phenolic OH excluding ortho intramolecular Hbond substituents is 1. The largest absolute Gasteiger partial charge is 0.507 e. The number of para-hydroxylation sites is 1. The molecule has 3 N–H and O–H groups in total. The Morgan fingerprint density at radius 3 is 2.73 bits per heavy atom. The van der Waals surface area contributed by atoms with Crippen LogP contribution in [0.25, 0.3) is 11.3 Å². The number of aromatic hydroxyl groups is 1. The van der Waals surface area contributed by atoms with Gasteiger partial charge in [0.15, 0.2) is 5.82 Å². The fourth-order valence-electron chi connectivity index (χ4n) is 3.51. The van der Waals surface area contributed by atoms with Crippen molar-refractivity contribution in [2.24, 2.45) is 5.92 Å². The molecule has 1 saturated heterocycles. The van der Waals surface area contributed by atoms with Gasteiger partial charge in [0.2, 0.25) is 0 Å². The molecule has 2 fully saturated rings. The Balaban J connectivity index is 1.73. The number of nitrogens with zero attached hydrogens (tertiary/aromatic N) is 3. The van der Waals surface area contributed by atoms with Crippen LogP contribution in [0.15, 0.2) is 30.3 Å². The number of hydrogen-bond donors (Lipinski definition) is 2. The highest BCUT2D eigenvalue weighted by Crippen LogP contribution is 2.43. The highest BCUT2D eigenvalue weighted by Gasteiger charge is 2.38. The third-order valence-electron chi connectivity index (χ3n) is 4.76. The first-order valence-electron chi connectivity index (χ1n) is 7.92. The monoisotopic (exact) mass is 296 g/mol. The maximum Gasteiger partial charge on any atom is 0.169 e. The molecule has 0 unspecified atom stereocenters. The van der Waals surface area contributed by atoms with Gasteiger partial charge >= 0.3 is 0 Å². The Bertz CT molecular complexity index is 699. The molecule has 5 heteroatoms. The lowest BCUT2D eigenvalue weighted by Gasteiger charge is -2.27. The summed E-state index contributed by atoms with van der Waals surface area (Å²) in [5.74, 6) is 1.50. The molecular weight excluding hydrogens is 276 g/mol. The molecule has 114 valence electrons. The van der Waals surface area contributed by atoms with Crippen molar-refractivity contribution in [1.82, 2.24) is 10.2 Å². The van der Waals surface area contributed by atoms with Crippen LogP contribution in [0.5, 0.6) is 5.75 Å². The van der Waals surface area contributed by atoms with Crippen LogP contribution in [0, 0.1) is 5.92 Å². The van der Waals surface area contributed by atoms with Crippen molar-refractivity contribution < 1.29 is 5.11 Å². The molecule has 22 heavy (non-hydrogen) atoms. The van der Waals surface area contributed by atoms with Crippen LogP contribution in [0.1, 0.15) is 25.7 Å². The molecular formula is C17H20N4O. The van der Waals surface area contributed by atoms with Gasteiger partial charge in [0.05, 0.1) is 11.4 Å². The summed E-state index contributed by atoms with van der Waals surface area (Å²) >= 11 is 0. The lowest BCUT2D eigenvalue weighted by Crippen LogP contribution is -2.31. The van der Waals surface area contributed by atoms with Crippen molar-refractivity contribution in [3.05, 3.63) is 30.3 Å². The number of anilines is 2. The minimum atomic E-state index is 0.215. The Morgan fingerprint density at radius 1 is 1.14 bits per heavy atom. The van der Waals surface area contributed by atoms with E-state index >= 15 is 0 Å². The third-order valence-corrected chi connectivity index (χ3v) is 4.76. The highest BCUT2D eigenvalue weighted by molar-refractivity contribution is 5.74. The van der Waals surface area contributed by atoms with Crippen LogP contribution < -0.4 is 10.6 Å². The predicted octanol–water partition coefficient (Wildman–Crippen LogP) is 2.81. The van der Waals surface area contributed by atoms with Gasteiger partial charge in [-0.2, -0.15) is 0 Å². The number of phenols is 1. The number of nitrogen functional groups attached to an aromatic ring is 1. The fraction of sp³-hybridized carbons (Fsp3) is 0.412. The number of rotatable bonds is 3. The Morgan fingerprint density at radius 2 is 1.95 bits per heavy atom. The van der Waals surface area contributed by atoms with E-state index < -0.39 is 0 Å². The van der Waals surface area contributed by atoms with Gasteiger partial charge in [-0.15, -0.1) is 10.2 Å². The molecule has 0 bridgehead atoms. The molecule has 0 radical (unpaired) electrons. The van der Waals surface area contributed by atoms with Crippen molar-refractivity contribution in [3.63, 3.8) is 0 Å². The van der Waals surface area contributed by atoms with Gasteiger partial charge in [0.1, 0.15) is 5.75 Å². The van der Waals surface area contributed by atoms with Gasteiger partial charge in [0, 0.05) is 18.2 Å². The molecule has 0 amide bonds. The van der Waals surface area contributed by atoms with Crippen molar-refractivity contribution >= 4 is 11.5 Å². The summed E-state index contributed by atoms with van der Waals surface area (Å²) in [7, 11) is 0. The van der Waals surface area contributed by atoms with Crippen LogP contribution in [-0.4, -0.2) is 27.9 Å². The molecule has 2 aliphatic rings. The minimum Gasteiger partial charge on any atom is -0.507 e. The second-order valence-corrected chi connectivity index (χ2v) is 6.26. The Kier molecular flexibility index (Phi) is 3.13. The first-order valence-corrected chi connectivity index (χ1v) is 7.92. The summed E-state index contributed by atoms with van der Waals surface area (Å²) in [5.41, 5.74) is 8.41. The van der Waals surface area contributed by atoms with Gasteiger partial charge in [0.25, 0.3) is 0 Å². The van der Waals surface area contributed by atoms with E-state index in [0.29, 0.717) is 23.1 Å². The number of hydrogen-bond acceptors (Lipinski definition) is 5. The van der Waals surface area contributed by atoms with E-state index in [4.69, 9.17) is 5.73 Å². The molecule has 2 heterocycles. The average Bonchev–Trinajstić information content (AvgIpc) is 3.26.